The van der Waals surface area contributed by atoms with Crippen LogP contribution in [0.15, 0.2) is 21.6 Å². The normalized spacial score (nSPS) is 14.1. The topological polar surface area (TPSA) is 58.1 Å². The molecule has 0 bridgehead atoms. The van der Waals surface area contributed by atoms with E-state index in [0.717, 1.165) is 53.5 Å². The molecule has 1 heterocycles. The van der Waals surface area contributed by atoms with Crippen LogP contribution >= 0.6 is 39.9 Å². The zero-order valence-corrected chi connectivity index (χ0v) is 20.6. The summed E-state index contributed by atoms with van der Waals surface area (Å²) in [5.74, 6) is 2.37. The molecular weight excluding hydrogens is 523 g/mol. The predicted molar refractivity (Wildman–Crippen MR) is 125 cm³/mol. The molecule has 0 fully saturated rings. The Morgan fingerprint density at radius 3 is 2.70 bits per heavy atom. The van der Waals surface area contributed by atoms with E-state index in [4.69, 9.17) is 9.47 Å². The van der Waals surface area contributed by atoms with Crippen LogP contribution < -0.4 is 20.1 Å². The first kappa shape index (κ1) is 24.3. The van der Waals surface area contributed by atoms with Gasteiger partial charge in [-0.15, -0.1) is 24.0 Å². The van der Waals surface area contributed by atoms with Crippen LogP contribution in [0.1, 0.15) is 39.2 Å². The second-order valence-electron chi connectivity index (χ2n) is 6.45. The Balaban J connectivity index is 0.00000364. The Morgan fingerprint density at radius 2 is 2.04 bits per heavy atom. The van der Waals surface area contributed by atoms with Crippen molar-refractivity contribution in [2.24, 2.45) is 4.99 Å². The van der Waals surface area contributed by atoms with Crippen molar-refractivity contribution in [2.75, 3.05) is 33.5 Å². The van der Waals surface area contributed by atoms with Gasteiger partial charge in [-0.25, -0.2) is 0 Å². The van der Waals surface area contributed by atoms with Gasteiger partial charge in [0.1, 0.15) is 0 Å². The smallest absolute Gasteiger partial charge is 0.231 e. The molecule has 0 saturated carbocycles. The molecule has 2 N–H and O–H groups in total. The van der Waals surface area contributed by atoms with E-state index < -0.39 is 0 Å². The number of hydrogen-bond acceptors (Lipinski definition) is 4. The number of ether oxygens (including phenoxy) is 2. The van der Waals surface area contributed by atoms with Crippen molar-refractivity contribution in [1.29, 1.82) is 0 Å². The zero-order chi connectivity index (χ0) is 18.9. The SMILES string of the molecule is CCN(CC)CCCC(C)NC(=NC)NCc1cc(Br)c2c(c1)OCO2.I. The van der Waals surface area contributed by atoms with E-state index in [1.165, 1.54) is 6.42 Å². The lowest BCUT2D eigenvalue weighted by Crippen LogP contribution is -2.42. The maximum atomic E-state index is 5.47. The number of rotatable bonds is 9. The predicted octanol–water partition coefficient (Wildman–Crippen LogP) is 3.97. The van der Waals surface area contributed by atoms with Crippen LogP contribution in [0.2, 0.25) is 0 Å². The minimum absolute atomic E-state index is 0. The second kappa shape index (κ2) is 12.7. The minimum atomic E-state index is 0. The van der Waals surface area contributed by atoms with Crippen molar-refractivity contribution in [2.45, 2.75) is 46.2 Å². The van der Waals surface area contributed by atoms with Gasteiger partial charge in [-0.2, -0.15) is 0 Å². The second-order valence-corrected chi connectivity index (χ2v) is 7.31. The first-order chi connectivity index (χ1) is 12.6. The molecule has 1 unspecified atom stereocenters. The molecule has 0 radical (unpaired) electrons. The molecule has 27 heavy (non-hydrogen) atoms. The third kappa shape index (κ3) is 7.65. The van der Waals surface area contributed by atoms with E-state index >= 15 is 0 Å². The molecule has 1 aliphatic rings. The lowest BCUT2D eigenvalue weighted by molar-refractivity contribution is 0.173. The fourth-order valence-corrected chi connectivity index (χ4v) is 3.57. The van der Waals surface area contributed by atoms with Gasteiger partial charge in [-0.3, -0.25) is 4.99 Å². The molecule has 154 valence electrons. The average molecular weight is 555 g/mol. The standard InChI is InChI=1S/C19H31BrN4O2.HI/c1-5-24(6-2)9-7-8-14(3)23-19(21-4)22-12-15-10-16(20)18-17(11-15)25-13-26-18;/h10-11,14H,5-9,12-13H2,1-4H3,(H2,21,22,23);1H. The van der Waals surface area contributed by atoms with E-state index in [9.17, 15) is 0 Å². The van der Waals surface area contributed by atoms with E-state index in [1.807, 2.05) is 12.1 Å². The number of guanidine groups is 1. The maximum absolute atomic E-state index is 5.47. The van der Waals surface area contributed by atoms with Crippen LogP contribution in [0.4, 0.5) is 0 Å². The fourth-order valence-electron chi connectivity index (χ4n) is 2.97. The molecule has 8 heteroatoms. The summed E-state index contributed by atoms with van der Waals surface area (Å²) in [5.41, 5.74) is 1.11. The van der Waals surface area contributed by atoms with E-state index in [1.54, 1.807) is 7.05 Å². The number of nitrogens with one attached hydrogen (secondary N) is 2. The summed E-state index contributed by atoms with van der Waals surface area (Å²) in [6.45, 7) is 11.0. The molecular formula is C19H32BrIN4O2. The van der Waals surface area contributed by atoms with Gasteiger partial charge in [0.05, 0.1) is 4.47 Å². The minimum Gasteiger partial charge on any atom is -0.454 e. The Bertz CT molecular complexity index is 612. The summed E-state index contributed by atoms with van der Waals surface area (Å²) in [4.78, 5) is 6.79. The highest BCUT2D eigenvalue weighted by Crippen LogP contribution is 2.39. The van der Waals surface area contributed by atoms with E-state index in [2.05, 4.69) is 57.2 Å². The van der Waals surface area contributed by atoms with Crippen LogP contribution in [0.25, 0.3) is 0 Å². The Morgan fingerprint density at radius 1 is 1.30 bits per heavy atom. The van der Waals surface area contributed by atoms with Crippen molar-refractivity contribution in [3.8, 4) is 11.5 Å². The zero-order valence-electron chi connectivity index (χ0n) is 16.7. The van der Waals surface area contributed by atoms with Crippen LogP contribution in [-0.2, 0) is 6.54 Å². The van der Waals surface area contributed by atoms with Gasteiger partial charge in [0, 0.05) is 19.6 Å². The number of fused-ring (bicyclic) bond motifs is 1. The number of aliphatic imine (C=N–C) groups is 1. The summed E-state index contributed by atoms with van der Waals surface area (Å²) in [5, 5.41) is 6.83. The van der Waals surface area contributed by atoms with Gasteiger partial charge < -0.3 is 25.0 Å². The van der Waals surface area contributed by atoms with E-state index in [0.29, 0.717) is 12.6 Å². The van der Waals surface area contributed by atoms with E-state index in [-0.39, 0.29) is 30.8 Å². The molecule has 1 aliphatic heterocycles. The molecule has 0 amide bonds. The van der Waals surface area contributed by atoms with Gasteiger partial charge in [-0.1, -0.05) is 13.8 Å². The Labute approximate surface area is 188 Å². The lowest BCUT2D eigenvalue weighted by atomic mass is 10.1. The van der Waals surface area contributed by atoms with Crippen LogP contribution in [0, 0.1) is 0 Å². The van der Waals surface area contributed by atoms with Crippen molar-refractivity contribution in [1.82, 2.24) is 15.5 Å². The van der Waals surface area contributed by atoms with Gasteiger partial charge in [0.2, 0.25) is 6.79 Å². The Kier molecular flexibility index (Phi) is 11.4. The molecule has 1 atom stereocenters. The average Bonchev–Trinajstić information content (AvgIpc) is 3.11. The molecule has 0 saturated heterocycles. The largest absolute Gasteiger partial charge is 0.454 e. The highest BCUT2D eigenvalue weighted by atomic mass is 127. The van der Waals surface area contributed by atoms with Gasteiger partial charge in [-0.05, 0) is 73.0 Å². The maximum Gasteiger partial charge on any atom is 0.231 e. The summed E-state index contributed by atoms with van der Waals surface area (Å²) in [7, 11) is 1.80. The summed E-state index contributed by atoms with van der Waals surface area (Å²) >= 11 is 3.53. The first-order valence-electron chi connectivity index (χ1n) is 9.34. The molecule has 0 aliphatic carbocycles. The molecule has 1 aromatic carbocycles. The molecule has 0 spiro atoms. The summed E-state index contributed by atoms with van der Waals surface area (Å²) < 4.78 is 11.8. The third-order valence-corrected chi connectivity index (χ3v) is 5.15. The highest BCUT2D eigenvalue weighted by Gasteiger charge is 2.18. The molecule has 0 aromatic heterocycles. The van der Waals surface area contributed by atoms with Crippen molar-refractivity contribution in [3.05, 3.63) is 22.2 Å². The monoisotopic (exact) mass is 554 g/mol. The van der Waals surface area contributed by atoms with Crippen molar-refractivity contribution < 1.29 is 9.47 Å². The first-order valence-corrected chi connectivity index (χ1v) is 10.1. The van der Waals surface area contributed by atoms with Gasteiger partial charge in [0.25, 0.3) is 0 Å². The third-order valence-electron chi connectivity index (χ3n) is 4.56. The quantitative estimate of drug-likeness (QED) is 0.275. The highest BCUT2D eigenvalue weighted by molar-refractivity contribution is 14.0. The van der Waals surface area contributed by atoms with Gasteiger partial charge in [0.15, 0.2) is 17.5 Å². The van der Waals surface area contributed by atoms with Crippen molar-refractivity contribution >= 4 is 45.9 Å². The number of nitrogens with zero attached hydrogens (tertiary/aromatic N) is 2. The number of benzene rings is 1. The van der Waals surface area contributed by atoms with Crippen LogP contribution in [0.3, 0.4) is 0 Å². The molecule has 2 rings (SSSR count). The van der Waals surface area contributed by atoms with Crippen LogP contribution in [0.5, 0.6) is 11.5 Å². The van der Waals surface area contributed by atoms with Crippen molar-refractivity contribution in [3.63, 3.8) is 0 Å². The Hall–Kier alpha value is -0.740. The summed E-state index contributed by atoms with van der Waals surface area (Å²) in [6.07, 6.45) is 2.30. The number of hydrogen-bond donors (Lipinski definition) is 2. The van der Waals surface area contributed by atoms with Crippen LogP contribution in [-0.4, -0.2) is 50.4 Å². The molecule has 6 nitrogen and oxygen atoms in total. The fraction of sp³-hybridized carbons (Fsp3) is 0.632. The number of halogens is 2. The summed E-state index contributed by atoms with van der Waals surface area (Å²) in [6, 6.07) is 4.42. The van der Waals surface area contributed by atoms with Gasteiger partial charge >= 0.3 is 0 Å². The molecule has 1 aromatic rings. The lowest BCUT2D eigenvalue weighted by Gasteiger charge is -2.21.